The molecule has 2 nitrogen and oxygen atoms in total. The van der Waals surface area contributed by atoms with Gasteiger partial charge >= 0.3 is 0 Å². The molecule has 0 aromatic heterocycles. The second kappa shape index (κ2) is 11.4. The molecule has 0 bridgehead atoms. The zero-order valence-corrected chi connectivity index (χ0v) is 11.6. The number of rotatable bonds is 7. The third-order valence-electron chi connectivity index (χ3n) is 2.35. The summed E-state index contributed by atoms with van der Waals surface area (Å²) in [6.45, 7) is 1.46. The van der Waals surface area contributed by atoms with Gasteiger partial charge < -0.3 is 10.4 Å². The highest BCUT2D eigenvalue weighted by Gasteiger charge is 2.11. The number of aliphatic hydroxyl groups is 1. The summed E-state index contributed by atoms with van der Waals surface area (Å²) < 4.78 is 0. The molecule has 0 spiro atoms. The largest absolute Gasteiger partial charge is 0.396 e. The molecule has 0 aromatic rings. The molecule has 1 aliphatic heterocycles. The van der Waals surface area contributed by atoms with Gasteiger partial charge in [0.2, 0.25) is 0 Å². The zero-order chi connectivity index (χ0) is 10.1. The molecule has 15 heavy (non-hydrogen) atoms. The smallest absolute Gasteiger partial charge is 0.0438 e. The normalized spacial score (nSPS) is 17.4. The van der Waals surface area contributed by atoms with Gasteiger partial charge in [-0.3, -0.25) is 0 Å². The Bertz CT molecular complexity index is 135. The fourth-order valence-corrected chi connectivity index (χ4v) is 3.41. The van der Waals surface area contributed by atoms with Gasteiger partial charge in [-0.15, -0.1) is 12.4 Å². The van der Waals surface area contributed by atoms with Crippen LogP contribution in [0.25, 0.3) is 0 Å². The van der Waals surface area contributed by atoms with Crippen molar-refractivity contribution in [2.45, 2.75) is 25.3 Å². The molecule has 0 aliphatic carbocycles. The Morgan fingerprint density at radius 1 is 1.27 bits per heavy atom. The molecule has 0 saturated carbocycles. The van der Waals surface area contributed by atoms with Crippen LogP contribution in [0.3, 0.4) is 0 Å². The van der Waals surface area contributed by atoms with E-state index in [-0.39, 0.29) is 12.4 Å². The standard InChI is InChI=1S/C10H21NOS2.ClH/c12-5-1-6-13-9-4-11-10-2-7-14-8-3-10;/h10-12H,1-9H2;1H. The molecule has 92 valence electrons. The van der Waals surface area contributed by atoms with Gasteiger partial charge in [0.15, 0.2) is 0 Å². The Balaban J connectivity index is 0.00000196. The van der Waals surface area contributed by atoms with Gasteiger partial charge in [-0.25, -0.2) is 0 Å². The van der Waals surface area contributed by atoms with E-state index >= 15 is 0 Å². The van der Waals surface area contributed by atoms with Crippen LogP contribution in [0, 0.1) is 0 Å². The van der Waals surface area contributed by atoms with Gasteiger partial charge in [0.1, 0.15) is 0 Å². The second-order valence-corrected chi connectivity index (χ2v) is 5.98. The van der Waals surface area contributed by atoms with E-state index in [9.17, 15) is 0 Å². The summed E-state index contributed by atoms with van der Waals surface area (Å²) in [6, 6.07) is 0.773. The van der Waals surface area contributed by atoms with E-state index in [1.54, 1.807) is 0 Å². The van der Waals surface area contributed by atoms with Crippen molar-refractivity contribution in [2.75, 3.05) is 36.2 Å². The van der Waals surface area contributed by atoms with Gasteiger partial charge in [-0.1, -0.05) is 0 Å². The first-order valence-electron chi connectivity index (χ1n) is 5.43. The van der Waals surface area contributed by atoms with Crippen LogP contribution >= 0.6 is 35.9 Å². The minimum Gasteiger partial charge on any atom is -0.396 e. The monoisotopic (exact) mass is 271 g/mol. The Morgan fingerprint density at radius 3 is 2.67 bits per heavy atom. The van der Waals surface area contributed by atoms with Gasteiger partial charge in [0, 0.05) is 24.9 Å². The maximum absolute atomic E-state index is 8.60. The molecular weight excluding hydrogens is 250 g/mol. The summed E-state index contributed by atoms with van der Waals surface area (Å²) in [5.41, 5.74) is 0. The highest BCUT2D eigenvalue weighted by molar-refractivity contribution is 7.99. The molecular formula is C10H22ClNOS2. The number of aliphatic hydroxyl groups excluding tert-OH is 1. The SMILES string of the molecule is Cl.OCCCSCCNC1CCSCC1. The molecule has 0 atom stereocenters. The molecule has 0 amide bonds. The second-order valence-electron chi connectivity index (χ2n) is 3.53. The molecule has 0 aromatic carbocycles. The highest BCUT2D eigenvalue weighted by atomic mass is 35.5. The van der Waals surface area contributed by atoms with Gasteiger partial charge in [-0.05, 0) is 36.5 Å². The molecule has 1 aliphatic rings. The molecule has 1 rings (SSSR count). The van der Waals surface area contributed by atoms with E-state index in [0.717, 1.165) is 24.8 Å². The molecule has 1 saturated heterocycles. The fraction of sp³-hybridized carbons (Fsp3) is 1.00. The topological polar surface area (TPSA) is 32.3 Å². The Hall–Kier alpha value is 0.910. The third kappa shape index (κ3) is 8.69. The van der Waals surface area contributed by atoms with Crippen molar-refractivity contribution in [1.29, 1.82) is 0 Å². The Labute approximate surface area is 108 Å². The summed E-state index contributed by atoms with van der Waals surface area (Å²) >= 11 is 4.01. The lowest BCUT2D eigenvalue weighted by molar-refractivity contribution is 0.296. The highest BCUT2D eigenvalue weighted by Crippen LogP contribution is 2.16. The summed E-state index contributed by atoms with van der Waals surface area (Å²) in [5, 5.41) is 12.2. The zero-order valence-electron chi connectivity index (χ0n) is 9.11. The summed E-state index contributed by atoms with van der Waals surface area (Å²) in [7, 11) is 0. The third-order valence-corrected chi connectivity index (χ3v) is 4.47. The first-order chi connectivity index (χ1) is 6.93. The van der Waals surface area contributed by atoms with Gasteiger partial charge in [0.25, 0.3) is 0 Å². The molecule has 0 radical (unpaired) electrons. The van der Waals surface area contributed by atoms with Crippen LogP contribution in [0.2, 0.25) is 0 Å². The molecule has 1 fully saturated rings. The van der Waals surface area contributed by atoms with Crippen molar-refractivity contribution in [3.8, 4) is 0 Å². The Morgan fingerprint density at radius 2 is 2.00 bits per heavy atom. The van der Waals surface area contributed by atoms with Crippen LogP contribution in [-0.2, 0) is 0 Å². The van der Waals surface area contributed by atoms with Crippen molar-refractivity contribution >= 4 is 35.9 Å². The predicted octanol–water partition coefficient (Wildman–Crippen LogP) is 2.01. The lowest BCUT2D eigenvalue weighted by Crippen LogP contribution is -2.34. The number of hydrogen-bond acceptors (Lipinski definition) is 4. The van der Waals surface area contributed by atoms with Gasteiger partial charge in [-0.2, -0.15) is 23.5 Å². The molecule has 5 heteroatoms. The maximum atomic E-state index is 8.60. The van der Waals surface area contributed by atoms with E-state index in [1.165, 1.54) is 30.1 Å². The first kappa shape index (κ1) is 15.9. The maximum Gasteiger partial charge on any atom is 0.0438 e. The number of halogens is 1. The average Bonchev–Trinajstić information content (AvgIpc) is 2.25. The Kier molecular flexibility index (Phi) is 12.1. The van der Waals surface area contributed by atoms with Crippen molar-refractivity contribution in [1.82, 2.24) is 5.32 Å². The molecule has 2 N–H and O–H groups in total. The van der Waals surface area contributed by atoms with E-state index in [2.05, 4.69) is 17.1 Å². The minimum atomic E-state index is 0. The predicted molar refractivity (Wildman–Crippen MR) is 74.6 cm³/mol. The van der Waals surface area contributed by atoms with Crippen molar-refractivity contribution < 1.29 is 5.11 Å². The summed E-state index contributed by atoms with van der Waals surface area (Å²) in [6.07, 6.45) is 3.61. The van der Waals surface area contributed by atoms with E-state index in [4.69, 9.17) is 5.11 Å². The van der Waals surface area contributed by atoms with Crippen molar-refractivity contribution in [2.24, 2.45) is 0 Å². The number of nitrogens with one attached hydrogen (secondary N) is 1. The summed E-state index contributed by atoms with van der Waals surface area (Å²) in [4.78, 5) is 0. The quantitative estimate of drug-likeness (QED) is 0.694. The van der Waals surface area contributed by atoms with E-state index in [0.29, 0.717) is 6.61 Å². The number of hydrogen-bond donors (Lipinski definition) is 2. The van der Waals surface area contributed by atoms with Gasteiger partial charge in [0.05, 0.1) is 0 Å². The van der Waals surface area contributed by atoms with Crippen molar-refractivity contribution in [3.63, 3.8) is 0 Å². The van der Waals surface area contributed by atoms with Crippen LogP contribution < -0.4 is 5.32 Å². The van der Waals surface area contributed by atoms with Crippen LogP contribution in [-0.4, -0.2) is 47.3 Å². The van der Waals surface area contributed by atoms with Crippen molar-refractivity contribution in [3.05, 3.63) is 0 Å². The fourth-order valence-electron chi connectivity index (χ4n) is 1.51. The number of thioether (sulfide) groups is 2. The van der Waals surface area contributed by atoms with E-state index < -0.39 is 0 Å². The summed E-state index contributed by atoms with van der Waals surface area (Å²) in [5.74, 6) is 4.94. The average molecular weight is 272 g/mol. The molecule has 0 unspecified atom stereocenters. The van der Waals surface area contributed by atoms with Crippen LogP contribution in [0.15, 0.2) is 0 Å². The van der Waals surface area contributed by atoms with Crippen LogP contribution in [0.1, 0.15) is 19.3 Å². The van der Waals surface area contributed by atoms with Crippen LogP contribution in [0.4, 0.5) is 0 Å². The minimum absolute atomic E-state index is 0. The lowest BCUT2D eigenvalue weighted by Gasteiger charge is -2.22. The van der Waals surface area contributed by atoms with Crippen LogP contribution in [0.5, 0.6) is 0 Å². The molecule has 1 heterocycles. The first-order valence-corrected chi connectivity index (χ1v) is 7.74. The lowest BCUT2D eigenvalue weighted by atomic mass is 10.1. The van der Waals surface area contributed by atoms with E-state index in [1.807, 2.05) is 11.8 Å².